The monoisotopic (exact) mass is 334 g/mol. The van der Waals surface area contributed by atoms with Crippen LogP contribution in [0.25, 0.3) is 11.4 Å². The van der Waals surface area contributed by atoms with Crippen LogP contribution in [0.2, 0.25) is 0 Å². The Balaban J connectivity index is 1.65. The van der Waals surface area contributed by atoms with E-state index in [1.165, 1.54) is 12.4 Å². The summed E-state index contributed by atoms with van der Waals surface area (Å²) in [7, 11) is 0. The normalized spacial score (nSPS) is 10.3. The Morgan fingerprint density at radius 3 is 2.20 bits per heavy atom. The molecule has 0 atom stereocenters. The molecule has 0 fully saturated rings. The van der Waals surface area contributed by atoms with E-state index in [1.54, 1.807) is 24.3 Å². The first-order valence-corrected chi connectivity index (χ1v) is 8.09. The van der Waals surface area contributed by atoms with Gasteiger partial charge in [-0.25, -0.2) is 14.8 Å². The molecule has 5 heteroatoms. The molecule has 0 saturated heterocycles. The van der Waals surface area contributed by atoms with Crippen molar-refractivity contribution in [2.45, 2.75) is 13.3 Å². The zero-order chi connectivity index (χ0) is 17.5. The van der Waals surface area contributed by atoms with Gasteiger partial charge in [-0.3, -0.25) is 0 Å². The minimum atomic E-state index is -0.498. The van der Waals surface area contributed by atoms with Crippen LogP contribution in [-0.2, 0) is 0 Å². The molecule has 2 aromatic carbocycles. The maximum Gasteiger partial charge on any atom is 0.346 e. The summed E-state index contributed by atoms with van der Waals surface area (Å²) in [6.07, 6.45) is 3.88. The quantitative estimate of drug-likeness (QED) is 0.500. The Labute approximate surface area is 146 Å². The van der Waals surface area contributed by atoms with Gasteiger partial charge in [-0.15, -0.1) is 0 Å². The van der Waals surface area contributed by atoms with Crippen LogP contribution in [0.4, 0.5) is 0 Å². The summed E-state index contributed by atoms with van der Waals surface area (Å²) < 4.78 is 10.8. The van der Waals surface area contributed by atoms with Gasteiger partial charge in [-0.1, -0.05) is 37.3 Å². The summed E-state index contributed by atoms with van der Waals surface area (Å²) in [5, 5.41) is 0. The van der Waals surface area contributed by atoms with E-state index in [0.29, 0.717) is 23.7 Å². The van der Waals surface area contributed by atoms with Gasteiger partial charge < -0.3 is 9.47 Å². The van der Waals surface area contributed by atoms with Gasteiger partial charge in [0.2, 0.25) is 0 Å². The van der Waals surface area contributed by atoms with Gasteiger partial charge in [0.15, 0.2) is 5.82 Å². The Morgan fingerprint density at radius 2 is 1.56 bits per heavy atom. The van der Waals surface area contributed by atoms with E-state index in [9.17, 15) is 4.79 Å². The highest BCUT2D eigenvalue weighted by Gasteiger charge is 2.11. The second-order valence-electron chi connectivity index (χ2n) is 5.37. The van der Waals surface area contributed by atoms with E-state index >= 15 is 0 Å². The average Bonchev–Trinajstić information content (AvgIpc) is 2.68. The van der Waals surface area contributed by atoms with Crippen molar-refractivity contribution < 1.29 is 14.3 Å². The van der Waals surface area contributed by atoms with E-state index < -0.39 is 5.97 Å². The first kappa shape index (κ1) is 16.6. The number of benzene rings is 2. The molecule has 0 aliphatic heterocycles. The number of aromatic nitrogens is 2. The third-order valence-electron chi connectivity index (χ3n) is 3.43. The summed E-state index contributed by atoms with van der Waals surface area (Å²) in [6, 6.07) is 16.5. The Hall–Kier alpha value is -3.21. The maximum absolute atomic E-state index is 12.2. The molecule has 0 unspecified atom stereocenters. The van der Waals surface area contributed by atoms with Crippen molar-refractivity contribution in [3.8, 4) is 22.9 Å². The van der Waals surface area contributed by atoms with Crippen molar-refractivity contribution in [1.29, 1.82) is 0 Å². The third-order valence-corrected chi connectivity index (χ3v) is 3.43. The summed E-state index contributed by atoms with van der Waals surface area (Å²) in [4.78, 5) is 20.6. The van der Waals surface area contributed by atoms with Crippen molar-refractivity contribution in [3.05, 3.63) is 72.6 Å². The molecule has 0 saturated carbocycles. The zero-order valence-corrected chi connectivity index (χ0v) is 13.9. The lowest BCUT2D eigenvalue weighted by Crippen LogP contribution is -2.09. The average molecular weight is 334 g/mol. The van der Waals surface area contributed by atoms with Crippen LogP contribution >= 0.6 is 0 Å². The molecule has 1 heterocycles. The van der Waals surface area contributed by atoms with Crippen LogP contribution in [0.15, 0.2) is 67.0 Å². The smallest absolute Gasteiger partial charge is 0.346 e. The van der Waals surface area contributed by atoms with Gasteiger partial charge in [0, 0.05) is 18.0 Å². The molecular formula is C20H18N2O3. The predicted molar refractivity (Wildman–Crippen MR) is 94.7 cm³/mol. The fourth-order valence-electron chi connectivity index (χ4n) is 2.16. The van der Waals surface area contributed by atoms with Crippen LogP contribution in [0, 0.1) is 0 Å². The van der Waals surface area contributed by atoms with Gasteiger partial charge in [-0.2, -0.15) is 0 Å². The number of nitrogens with zero attached hydrogens (tertiary/aromatic N) is 2. The van der Waals surface area contributed by atoms with Gasteiger partial charge in [0.05, 0.1) is 12.2 Å². The lowest BCUT2D eigenvalue weighted by Gasteiger charge is -2.07. The second-order valence-corrected chi connectivity index (χ2v) is 5.37. The topological polar surface area (TPSA) is 61.3 Å². The molecule has 0 amide bonds. The van der Waals surface area contributed by atoms with E-state index in [4.69, 9.17) is 9.47 Å². The first-order valence-electron chi connectivity index (χ1n) is 8.09. The molecular weight excluding hydrogens is 316 g/mol. The summed E-state index contributed by atoms with van der Waals surface area (Å²) >= 11 is 0. The fourth-order valence-corrected chi connectivity index (χ4v) is 2.16. The number of carbonyl (C=O) groups excluding carboxylic acids is 1. The second kappa shape index (κ2) is 8.06. The molecule has 0 aliphatic rings. The highest BCUT2D eigenvalue weighted by Crippen LogP contribution is 2.19. The van der Waals surface area contributed by atoms with Crippen molar-refractivity contribution in [2.75, 3.05) is 6.61 Å². The van der Waals surface area contributed by atoms with E-state index in [2.05, 4.69) is 9.97 Å². The molecule has 0 N–H and O–H groups in total. The Kier molecular flexibility index (Phi) is 5.36. The Morgan fingerprint density at radius 1 is 0.920 bits per heavy atom. The molecule has 0 bridgehead atoms. The number of hydrogen-bond acceptors (Lipinski definition) is 5. The number of rotatable bonds is 6. The number of esters is 1. The van der Waals surface area contributed by atoms with Crippen LogP contribution in [0.1, 0.15) is 23.7 Å². The molecule has 25 heavy (non-hydrogen) atoms. The van der Waals surface area contributed by atoms with Crippen molar-refractivity contribution in [3.63, 3.8) is 0 Å². The highest BCUT2D eigenvalue weighted by molar-refractivity contribution is 5.90. The van der Waals surface area contributed by atoms with E-state index in [-0.39, 0.29) is 0 Å². The predicted octanol–water partition coefficient (Wildman–Crippen LogP) is 4.15. The molecule has 1 aromatic heterocycles. The van der Waals surface area contributed by atoms with Crippen LogP contribution in [0.5, 0.6) is 11.5 Å². The highest BCUT2D eigenvalue weighted by atomic mass is 16.5. The summed E-state index contributed by atoms with van der Waals surface area (Å²) in [6.45, 7) is 2.70. The third kappa shape index (κ3) is 4.41. The number of hydrogen-bond donors (Lipinski definition) is 0. The number of ether oxygens (including phenoxy) is 2. The molecule has 0 spiro atoms. The van der Waals surface area contributed by atoms with Crippen molar-refractivity contribution in [2.24, 2.45) is 0 Å². The molecule has 126 valence electrons. The standard InChI is InChI=1S/C20H18N2O3/c1-2-12-24-17-8-10-18(11-9-17)25-20(23)16-13-21-19(22-14-16)15-6-4-3-5-7-15/h3-11,13-14H,2,12H2,1H3. The minimum absolute atomic E-state index is 0.297. The summed E-state index contributed by atoms with van der Waals surface area (Å²) in [5.41, 5.74) is 1.19. The number of carbonyl (C=O) groups is 1. The van der Waals surface area contributed by atoms with E-state index in [1.807, 2.05) is 37.3 Å². The van der Waals surface area contributed by atoms with Crippen LogP contribution < -0.4 is 9.47 Å². The van der Waals surface area contributed by atoms with Crippen molar-refractivity contribution in [1.82, 2.24) is 9.97 Å². The van der Waals surface area contributed by atoms with Gasteiger partial charge in [-0.05, 0) is 30.7 Å². The molecule has 0 aliphatic carbocycles. The largest absolute Gasteiger partial charge is 0.494 e. The van der Waals surface area contributed by atoms with Gasteiger partial charge in [0.25, 0.3) is 0 Å². The van der Waals surface area contributed by atoms with Gasteiger partial charge >= 0.3 is 5.97 Å². The van der Waals surface area contributed by atoms with Crippen LogP contribution in [-0.4, -0.2) is 22.5 Å². The fraction of sp³-hybridized carbons (Fsp3) is 0.150. The van der Waals surface area contributed by atoms with E-state index in [0.717, 1.165) is 17.7 Å². The van der Waals surface area contributed by atoms with Gasteiger partial charge in [0.1, 0.15) is 11.5 Å². The van der Waals surface area contributed by atoms with Crippen LogP contribution in [0.3, 0.4) is 0 Å². The SMILES string of the molecule is CCCOc1ccc(OC(=O)c2cnc(-c3ccccc3)nc2)cc1. The Bertz CT molecular complexity index is 816. The summed E-state index contributed by atoms with van der Waals surface area (Å²) in [5.74, 6) is 1.26. The minimum Gasteiger partial charge on any atom is -0.494 e. The lowest BCUT2D eigenvalue weighted by molar-refractivity contribution is 0.0733. The molecule has 3 aromatic rings. The lowest BCUT2D eigenvalue weighted by atomic mass is 10.2. The van der Waals surface area contributed by atoms with Crippen molar-refractivity contribution >= 4 is 5.97 Å². The molecule has 0 radical (unpaired) electrons. The first-order chi connectivity index (χ1) is 12.3. The molecule has 5 nitrogen and oxygen atoms in total. The zero-order valence-electron chi connectivity index (χ0n) is 13.9. The maximum atomic E-state index is 12.2. The molecule has 3 rings (SSSR count).